The highest BCUT2D eigenvalue weighted by Crippen LogP contribution is 2.89. The van der Waals surface area contributed by atoms with Crippen LogP contribution >= 0.6 is 0 Å². The standard InChI is InChI=1S/C38H60O8/c1-11-27(40)45-26-15-16-37-20-38(37)18-17-35(9)29-21(3)19-23(31(34(7,8)42)43-22(4)39)44-30(29)32(46-28(41)12-2)36(35,10)25(38)14-13-24(37)33(26,5)6/h21,23-26,29-32,42H,11-20H2,1-10H3/t21-,23?,24+,25+,26?,29?,30?,31+,32+,35-,36-,37-,38+/m1/s1. The molecule has 0 aromatic rings. The molecule has 6 aliphatic rings. The van der Waals surface area contributed by atoms with E-state index in [2.05, 4.69) is 34.6 Å². The zero-order valence-electron chi connectivity index (χ0n) is 30.1. The monoisotopic (exact) mass is 644 g/mol. The van der Waals surface area contributed by atoms with Crippen LogP contribution in [0.25, 0.3) is 0 Å². The fourth-order valence-electron chi connectivity index (χ4n) is 13.2. The molecule has 6 rings (SSSR count). The van der Waals surface area contributed by atoms with Gasteiger partial charge in [-0.3, -0.25) is 14.4 Å². The van der Waals surface area contributed by atoms with Gasteiger partial charge in [0.25, 0.3) is 0 Å². The topological polar surface area (TPSA) is 108 Å². The molecule has 8 heteroatoms. The first-order valence-corrected chi connectivity index (χ1v) is 18.3. The Kier molecular flexibility index (Phi) is 8.12. The van der Waals surface area contributed by atoms with Crippen LogP contribution in [0.2, 0.25) is 0 Å². The van der Waals surface area contributed by atoms with Crippen molar-refractivity contribution in [2.45, 2.75) is 170 Å². The fraction of sp³-hybridized carbons (Fsp3) is 0.921. The van der Waals surface area contributed by atoms with Crippen LogP contribution in [0.3, 0.4) is 0 Å². The van der Waals surface area contributed by atoms with Crippen LogP contribution < -0.4 is 0 Å². The molecule has 6 fully saturated rings. The number of fused-ring (bicyclic) bond motifs is 4. The summed E-state index contributed by atoms with van der Waals surface area (Å²) in [6.45, 7) is 20.2. The highest BCUT2D eigenvalue weighted by atomic mass is 16.6. The number of esters is 3. The van der Waals surface area contributed by atoms with Crippen molar-refractivity contribution in [3.05, 3.63) is 0 Å². The van der Waals surface area contributed by atoms with Gasteiger partial charge in [-0.2, -0.15) is 0 Å². The molecule has 0 bridgehead atoms. The minimum absolute atomic E-state index is 0.0473. The smallest absolute Gasteiger partial charge is 0.305 e. The maximum Gasteiger partial charge on any atom is 0.305 e. The normalized spacial score (nSPS) is 47.5. The molecule has 0 amide bonds. The van der Waals surface area contributed by atoms with Gasteiger partial charge in [-0.05, 0) is 105 Å². The third kappa shape index (κ3) is 4.53. The zero-order chi connectivity index (χ0) is 33.8. The number of carbonyl (C=O) groups is 3. The quantitative estimate of drug-likeness (QED) is 0.239. The molecule has 1 aliphatic heterocycles. The Morgan fingerprint density at radius 3 is 2.13 bits per heavy atom. The Hall–Kier alpha value is -1.67. The minimum Gasteiger partial charge on any atom is -0.462 e. The molecule has 2 spiro atoms. The molecular formula is C38H60O8. The van der Waals surface area contributed by atoms with Crippen molar-refractivity contribution in [3.63, 3.8) is 0 Å². The Bertz CT molecular complexity index is 1250. The third-order valence-corrected chi connectivity index (χ3v) is 15.2. The van der Waals surface area contributed by atoms with E-state index < -0.39 is 29.9 Å². The highest BCUT2D eigenvalue weighted by molar-refractivity contribution is 5.69. The Labute approximate surface area is 276 Å². The van der Waals surface area contributed by atoms with Crippen molar-refractivity contribution in [2.24, 2.45) is 50.7 Å². The Balaban J connectivity index is 1.38. The lowest BCUT2D eigenvalue weighted by Gasteiger charge is -2.63. The van der Waals surface area contributed by atoms with Crippen molar-refractivity contribution >= 4 is 17.9 Å². The minimum atomic E-state index is -1.29. The molecule has 5 saturated carbocycles. The first-order valence-electron chi connectivity index (χ1n) is 18.3. The lowest BCUT2D eigenvalue weighted by Crippen LogP contribution is -2.60. The third-order valence-electron chi connectivity index (χ3n) is 15.2. The van der Waals surface area contributed by atoms with Crippen molar-refractivity contribution in [1.82, 2.24) is 0 Å². The van der Waals surface area contributed by atoms with Crippen LogP contribution in [0, 0.1) is 50.7 Å². The molecule has 8 nitrogen and oxygen atoms in total. The second-order valence-electron chi connectivity index (χ2n) is 17.9. The van der Waals surface area contributed by atoms with Gasteiger partial charge in [0, 0.05) is 30.6 Å². The highest BCUT2D eigenvalue weighted by Gasteiger charge is 2.85. The van der Waals surface area contributed by atoms with Gasteiger partial charge in [0.15, 0.2) is 6.10 Å². The number of rotatable bonds is 7. The van der Waals surface area contributed by atoms with Crippen LogP contribution in [0.15, 0.2) is 0 Å². The molecule has 13 atom stereocenters. The summed E-state index contributed by atoms with van der Waals surface area (Å²) < 4.78 is 25.4. The summed E-state index contributed by atoms with van der Waals surface area (Å²) in [7, 11) is 0. The molecule has 5 aliphatic carbocycles. The Morgan fingerprint density at radius 2 is 1.52 bits per heavy atom. The molecule has 46 heavy (non-hydrogen) atoms. The van der Waals surface area contributed by atoms with Crippen LogP contribution in [0.5, 0.6) is 0 Å². The van der Waals surface area contributed by atoms with Gasteiger partial charge in [0.1, 0.15) is 12.2 Å². The average Bonchev–Trinajstić information content (AvgIpc) is 3.59. The van der Waals surface area contributed by atoms with Gasteiger partial charge in [0.05, 0.1) is 17.8 Å². The summed E-state index contributed by atoms with van der Waals surface area (Å²) >= 11 is 0. The molecule has 1 N–H and O–H groups in total. The van der Waals surface area contributed by atoms with Gasteiger partial charge in [0.2, 0.25) is 0 Å². The second kappa shape index (κ2) is 10.9. The molecule has 0 aromatic carbocycles. The van der Waals surface area contributed by atoms with Gasteiger partial charge >= 0.3 is 17.9 Å². The largest absolute Gasteiger partial charge is 0.462 e. The predicted octanol–water partition coefficient (Wildman–Crippen LogP) is 6.79. The average molecular weight is 645 g/mol. The molecule has 260 valence electrons. The van der Waals surface area contributed by atoms with Gasteiger partial charge in [-0.1, -0.05) is 48.5 Å². The van der Waals surface area contributed by atoms with Crippen molar-refractivity contribution in [2.75, 3.05) is 0 Å². The van der Waals surface area contributed by atoms with E-state index in [1.54, 1.807) is 13.8 Å². The second-order valence-corrected chi connectivity index (χ2v) is 17.9. The maximum atomic E-state index is 13.2. The van der Waals surface area contributed by atoms with Crippen molar-refractivity contribution in [3.8, 4) is 0 Å². The molecular weight excluding hydrogens is 584 g/mol. The lowest BCUT2D eigenvalue weighted by molar-refractivity contribution is -0.221. The van der Waals surface area contributed by atoms with Crippen LogP contribution in [0.1, 0.15) is 133 Å². The number of carbonyl (C=O) groups excluding carboxylic acids is 3. The molecule has 1 heterocycles. The van der Waals surface area contributed by atoms with E-state index in [0.717, 1.165) is 32.1 Å². The number of aliphatic hydroxyl groups is 1. The maximum absolute atomic E-state index is 13.2. The van der Waals surface area contributed by atoms with E-state index in [4.69, 9.17) is 18.9 Å². The van der Waals surface area contributed by atoms with E-state index >= 15 is 0 Å². The molecule has 4 unspecified atom stereocenters. The Morgan fingerprint density at radius 1 is 0.913 bits per heavy atom. The van der Waals surface area contributed by atoms with E-state index in [-0.39, 0.29) is 63.1 Å². The predicted molar refractivity (Wildman–Crippen MR) is 172 cm³/mol. The van der Waals surface area contributed by atoms with Crippen molar-refractivity contribution in [1.29, 1.82) is 0 Å². The van der Waals surface area contributed by atoms with Crippen LogP contribution in [-0.2, 0) is 33.3 Å². The van der Waals surface area contributed by atoms with Crippen molar-refractivity contribution < 1.29 is 38.4 Å². The van der Waals surface area contributed by atoms with Crippen LogP contribution in [-0.4, -0.2) is 59.1 Å². The number of hydrogen-bond acceptors (Lipinski definition) is 8. The summed E-state index contributed by atoms with van der Waals surface area (Å²) in [5.41, 5.74) is -1.39. The number of ether oxygens (including phenoxy) is 4. The first-order chi connectivity index (χ1) is 21.3. The fourth-order valence-corrected chi connectivity index (χ4v) is 13.2. The van der Waals surface area contributed by atoms with E-state index in [9.17, 15) is 19.5 Å². The summed E-state index contributed by atoms with van der Waals surface area (Å²) in [5.74, 6) is 0.519. The SMILES string of the molecule is CCC(=O)OC1CC[C@]23C[C@]24CC[C@]2(C)C5C(OC([C@H](OC(C)=O)C(C)(C)O)C[C@H]5C)[C@H](OC(=O)CC)[C@@]2(C)[C@@H]4CC[C@H]3C1(C)C. The van der Waals surface area contributed by atoms with E-state index in [0.29, 0.717) is 31.1 Å². The molecule has 0 aromatic heterocycles. The zero-order valence-corrected chi connectivity index (χ0v) is 30.1. The van der Waals surface area contributed by atoms with Gasteiger partial charge in [-0.25, -0.2) is 0 Å². The van der Waals surface area contributed by atoms with Crippen LogP contribution in [0.4, 0.5) is 0 Å². The van der Waals surface area contributed by atoms with Gasteiger partial charge < -0.3 is 24.1 Å². The molecule has 0 radical (unpaired) electrons. The summed E-state index contributed by atoms with van der Waals surface area (Å²) in [6, 6.07) is 0. The number of hydrogen-bond donors (Lipinski definition) is 1. The summed E-state index contributed by atoms with van der Waals surface area (Å²) in [6.07, 6.45) is 6.80. The van der Waals surface area contributed by atoms with E-state index in [1.165, 1.54) is 19.8 Å². The van der Waals surface area contributed by atoms with Gasteiger partial charge in [-0.15, -0.1) is 0 Å². The molecule has 1 saturated heterocycles. The lowest BCUT2D eigenvalue weighted by atomic mass is 9.41. The summed E-state index contributed by atoms with van der Waals surface area (Å²) in [4.78, 5) is 37.8. The van der Waals surface area contributed by atoms with E-state index in [1.807, 2.05) is 13.8 Å². The first kappa shape index (κ1) is 34.2. The summed E-state index contributed by atoms with van der Waals surface area (Å²) in [5, 5.41) is 11.1.